The Balaban J connectivity index is 1.60. The minimum absolute atomic E-state index is 0.0504. The Morgan fingerprint density at radius 1 is 0.791 bits per heavy atom. The monoisotopic (exact) mass is 665 g/mol. The minimum atomic E-state index is -4.87. The molecule has 0 aliphatic heterocycles. The molecule has 0 saturated heterocycles. The number of azo groups is 1. The van der Waals surface area contributed by atoms with Gasteiger partial charge in [0.25, 0.3) is 25.9 Å². The zero-order chi connectivity index (χ0) is 31.5. The maximum absolute atomic E-state index is 12.1. The Hall–Kier alpha value is -4.39. The molecule has 0 fully saturated rings. The second-order valence-corrected chi connectivity index (χ2v) is 11.9. The molecule has 3 aromatic carbocycles. The fraction of sp³-hybridized carbons (Fsp3) is 0.0417. The number of nitro groups is 1. The lowest BCUT2D eigenvalue weighted by Gasteiger charge is -2.16. The first-order valence-corrected chi connectivity index (χ1v) is 15.1. The van der Waals surface area contributed by atoms with Crippen molar-refractivity contribution in [2.45, 2.75) is 9.79 Å². The molecule has 0 amide bonds. The van der Waals surface area contributed by atoms with Crippen LogP contribution in [0, 0.1) is 10.1 Å². The van der Waals surface area contributed by atoms with Gasteiger partial charge in [-0.25, -0.2) is 0 Å². The van der Waals surface area contributed by atoms with Crippen LogP contribution in [-0.4, -0.2) is 52.9 Å². The highest BCUT2D eigenvalue weighted by Gasteiger charge is 2.20. The van der Waals surface area contributed by atoms with Gasteiger partial charge < -0.3 is 4.90 Å². The number of aromatic nitrogens is 3. The SMILES string of the molecule is CN(c1ccc(N=Nc2ccc(C=Cc3ccc([N+](=O)[O-])cc3S(=O)(=O)O)c(S(=O)(=O)O)c2)cc1)c1nc(Cl)nc(Cl)n1. The Kier molecular flexibility index (Phi) is 9.14. The summed E-state index contributed by atoms with van der Waals surface area (Å²) in [5.74, 6) is 0.203. The van der Waals surface area contributed by atoms with E-state index in [4.69, 9.17) is 23.2 Å². The van der Waals surface area contributed by atoms with Gasteiger partial charge in [0.1, 0.15) is 9.79 Å². The highest BCUT2D eigenvalue weighted by molar-refractivity contribution is 7.86. The van der Waals surface area contributed by atoms with E-state index in [2.05, 4.69) is 25.2 Å². The molecular weight excluding hydrogens is 649 g/mol. The van der Waals surface area contributed by atoms with Crippen molar-refractivity contribution in [1.82, 2.24) is 15.0 Å². The summed E-state index contributed by atoms with van der Waals surface area (Å²) in [6, 6.07) is 13.0. The van der Waals surface area contributed by atoms with E-state index in [1.54, 1.807) is 36.2 Å². The van der Waals surface area contributed by atoms with Crippen LogP contribution < -0.4 is 4.90 Å². The number of benzene rings is 3. The van der Waals surface area contributed by atoms with Gasteiger partial charge in [0.2, 0.25) is 16.5 Å². The minimum Gasteiger partial charge on any atom is -0.313 e. The van der Waals surface area contributed by atoms with Crippen LogP contribution in [-0.2, 0) is 20.2 Å². The summed E-state index contributed by atoms with van der Waals surface area (Å²) in [4.78, 5) is 22.1. The van der Waals surface area contributed by atoms with Crippen LogP contribution in [0.4, 0.5) is 28.7 Å². The van der Waals surface area contributed by atoms with Gasteiger partial charge in [-0.1, -0.05) is 18.2 Å². The Labute approximate surface area is 253 Å². The van der Waals surface area contributed by atoms with Gasteiger partial charge in [0, 0.05) is 24.9 Å². The van der Waals surface area contributed by atoms with Crippen molar-refractivity contribution in [3.05, 3.63) is 92.5 Å². The number of non-ortho nitro benzene ring substituents is 1. The Bertz CT molecular complexity index is 1990. The highest BCUT2D eigenvalue weighted by atomic mass is 35.5. The topological polar surface area (TPSA) is 219 Å². The molecule has 2 N–H and O–H groups in total. The van der Waals surface area contributed by atoms with Gasteiger partial charge in [0.05, 0.1) is 16.3 Å². The van der Waals surface area contributed by atoms with Crippen molar-refractivity contribution < 1.29 is 30.9 Å². The zero-order valence-electron chi connectivity index (χ0n) is 21.5. The van der Waals surface area contributed by atoms with Gasteiger partial charge in [-0.05, 0) is 76.8 Å². The van der Waals surface area contributed by atoms with Crippen molar-refractivity contribution in [2.24, 2.45) is 10.2 Å². The van der Waals surface area contributed by atoms with E-state index in [1.807, 2.05) is 0 Å². The molecule has 1 aromatic heterocycles. The van der Waals surface area contributed by atoms with Crippen LogP contribution in [0.15, 0.2) is 80.7 Å². The molecule has 0 aliphatic carbocycles. The smallest absolute Gasteiger partial charge is 0.295 e. The summed E-state index contributed by atoms with van der Waals surface area (Å²) in [5.41, 5.74) is 0.247. The van der Waals surface area contributed by atoms with E-state index < -0.39 is 40.6 Å². The van der Waals surface area contributed by atoms with Gasteiger partial charge >= 0.3 is 0 Å². The van der Waals surface area contributed by atoms with E-state index in [0.29, 0.717) is 17.4 Å². The van der Waals surface area contributed by atoms with E-state index in [9.17, 15) is 36.1 Å². The van der Waals surface area contributed by atoms with Crippen molar-refractivity contribution in [2.75, 3.05) is 11.9 Å². The molecule has 15 nitrogen and oxygen atoms in total. The third-order valence-electron chi connectivity index (χ3n) is 5.59. The van der Waals surface area contributed by atoms with E-state index in [-0.39, 0.29) is 33.3 Å². The predicted molar refractivity (Wildman–Crippen MR) is 157 cm³/mol. The van der Waals surface area contributed by atoms with Crippen molar-refractivity contribution in [1.29, 1.82) is 0 Å². The third kappa shape index (κ3) is 7.92. The average molecular weight is 666 g/mol. The maximum Gasteiger partial charge on any atom is 0.295 e. The number of rotatable bonds is 9. The van der Waals surface area contributed by atoms with Gasteiger partial charge in [-0.3, -0.25) is 19.2 Å². The van der Waals surface area contributed by atoms with Crippen molar-refractivity contribution >= 4 is 84.3 Å². The highest BCUT2D eigenvalue weighted by Crippen LogP contribution is 2.29. The third-order valence-corrected chi connectivity index (χ3v) is 7.75. The molecule has 0 spiro atoms. The lowest BCUT2D eigenvalue weighted by molar-refractivity contribution is -0.385. The van der Waals surface area contributed by atoms with Crippen LogP contribution in [0.5, 0.6) is 0 Å². The molecule has 19 heteroatoms. The lowest BCUT2D eigenvalue weighted by Crippen LogP contribution is -2.13. The number of nitrogens with zero attached hydrogens (tertiary/aromatic N) is 7. The van der Waals surface area contributed by atoms with Crippen LogP contribution in [0.1, 0.15) is 11.1 Å². The first kappa shape index (κ1) is 31.5. The molecule has 222 valence electrons. The molecule has 0 bridgehead atoms. The summed E-state index contributed by atoms with van der Waals surface area (Å²) in [6.45, 7) is 0. The maximum atomic E-state index is 12.1. The van der Waals surface area contributed by atoms with E-state index in [1.165, 1.54) is 12.1 Å². The predicted octanol–water partition coefficient (Wildman–Crippen LogP) is 5.93. The molecule has 0 atom stereocenters. The summed E-state index contributed by atoms with van der Waals surface area (Å²) < 4.78 is 67.0. The molecule has 0 saturated carbocycles. The molecule has 43 heavy (non-hydrogen) atoms. The lowest BCUT2D eigenvalue weighted by atomic mass is 10.1. The number of hydrogen-bond donors (Lipinski definition) is 2. The largest absolute Gasteiger partial charge is 0.313 e. The summed E-state index contributed by atoms with van der Waals surface area (Å²) in [7, 11) is -7.99. The van der Waals surface area contributed by atoms with Crippen LogP contribution in [0.25, 0.3) is 12.2 Å². The Morgan fingerprint density at radius 3 is 1.81 bits per heavy atom. The summed E-state index contributed by atoms with van der Waals surface area (Å²) in [6.07, 6.45) is 2.25. The number of halogens is 2. The average Bonchev–Trinajstić information content (AvgIpc) is 2.93. The fourth-order valence-corrected chi connectivity index (χ4v) is 5.33. The molecule has 4 aromatic rings. The molecule has 0 radical (unpaired) electrons. The van der Waals surface area contributed by atoms with E-state index >= 15 is 0 Å². The Morgan fingerprint density at radius 2 is 1.28 bits per heavy atom. The summed E-state index contributed by atoms with van der Waals surface area (Å²) in [5, 5.41) is 18.9. The zero-order valence-corrected chi connectivity index (χ0v) is 24.6. The van der Waals surface area contributed by atoms with Gasteiger partial charge in [0.15, 0.2) is 0 Å². The van der Waals surface area contributed by atoms with Crippen LogP contribution >= 0.6 is 23.2 Å². The van der Waals surface area contributed by atoms with Gasteiger partial charge in [-0.15, -0.1) is 0 Å². The molecule has 0 aliphatic rings. The second-order valence-electron chi connectivity index (χ2n) is 8.43. The first-order chi connectivity index (χ1) is 20.1. The standard InChI is InChI=1S/C24H17Cl2N7O8S2/c1-32(24-28-22(25)27-23(26)29-24)18-10-7-16(8-11-18)30-31-17-6-4-14(20(12-17)42(36,37)38)2-3-15-5-9-19(33(34)35)13-21(15)43(39,40)41/h2-13H,1H3,(H,36,37,38)(H,39,40,41). The quantitative estimate of drug-likeness (QED) is 0.0698. The summed E-state index contributed by atoms with van der Waals surface area (Å²) >= 11 is 11.7. The first-order valence-electron chi connectivity index (χ1n) is 11.5. The number of nitro benzene ring substituents is 1. The number of anilines is 2. The molecule has 1 heterocycles. The molecule has 0 unspecified atom stereocenters. The molecule has 4 rings (SSSR count). The number of hydrogen-bond acceptors (Lipinski definition) is 12. The van der Waals surface area contributed by atoms with Crippen molar-refractivity contribution in [3.8, 4) is 0 Å². The van der Waals surface area contributed by atoms with Crippen LogP contribution in [0.2, 0.25) is 10.6 Å². The van der Waals surface area contributed by atoms with Crippen LogP contribution in [0.3, 0.4) is 0 Å². The van der Waals surface area contributed by atoms with E-state index in [0.717, 1.165) is 30.4 Å². The van der Waals surface area contributed by atoms with Gasteiger partial charge in [-0.2, -0.15) is 42.0 Å². The fourth-order valence-electron chi connectivity index (χ4n) is 3.56. The van der Waals surface area contributed by atoms with Crippen molar-refractivity contribution in [3.63, 3.8) is 0 Å². The molecular formula is C24H17Cl2N7O8S2. The normalized spacial score (nSPS) is 12.2. The second kappa shape index (κ2) is 12.5.